The van der Waals surface area contributed by atoms with Crippen LogP contribution in [0.4, 0.5) is 0 Å². The first-order valence-electron chi connectivity index (χ1n) is 40.1. The predicted octanol–water partition coefficient (Wildman–Crippen LogP) is 4.52. The van der Waals surface area contributed by atoms with Gasteiger partial charge in [0.2, 0.25) is 0 Å². The Bertz CT molecular complexity index is 2070. The van der Waals surface area contributed by atoms with Crippen LogP contribution in [-0.2, 0) is 171 Å². The summed E-state index contributed by atoms with van der Waals surface area (Å²) in [4.78, 5) is 95.0. The molecule has 670 valence electrons. The molecule has 0 aliphatic rings. The molecule has 0 heterocycles. The highest BCUT2D eigenvalue weighted by Crippen LogP contribution is 2.19. The number of esters is 6. The van der Waals surface area contributed by atoms with Crippen LogP contribution in [0.3, 0.4) is 0 Å². The minimum Gasteiger partial charge on any atom is -0.466 e. The molecule has 0 amide bonds. The van der Waals surface area contributed by atoms with Gasteiger partial charge < -0.3 is 133 Å². The number of Topliss-reactive ketones (excluding diaryl/α,β-unsaturated/α-hetero) is 2. The van der Waals surface area contributed by atoms with Crippen molar-refractivity contribution in [2.24, 2.45) is 10.8 Å². The van der Waals surface area contributed by atoms with Crippen molar-refractivity contribution >= 4 is 47.4 Å². The van der Waals surface area contributed by atoms with E-state index >= 15 is 0 Å². The summed E-state index contributed by atoms with van der Waals surface area (Å²) >= 11 is 0. The Labute approximate surface area is 675 Å². The average molecular weight is 1660 g/mol. The van der Waals surface area contributed by atoms with E-state index in [1.54, 1.807) is 41.5 Å². The van der Waals surface area contributed by atoms with Gasteiger partial charge in [-0.1, -0.05) is 41.5 Å². The molecule has 36 heteroatoms. The fraction of sp³-hybridized carbons (Fsp3) is 0.897. The Balaban J connectivity index is 3.21. The molecule has 0 aromatic rings. The molecule has 0 spiro atoms. The van der Waals surface area contributed by atoms with E-state index in [4.69, 9.17) is 133 Å². The summed E-state index contributed by atoms with van der Waals surface area (Å²) in [6, 6.07) is 0. The van der Waals surface area contributed by atoms with Gasteiger partial charge in [-0.05, 0) is 12.8 Å². The first kappa shape index (κ1) is 109. The molecule has 0 unspecified atom stereocenters. The Morgan fingerprint density at radius 3 is 0.386 bits per heavy atom. The van der Waals surface area contributed by atoms with Crippen molar-refractivity contribution in [2.75, 3.05) is 330 Å². The highest BCUT2D eigenvalue weighted by atomic mass is 16.6. The molecule has 0 saturated carbocycles. The molecule has 114 heavy (non-hydrogen) atoms. The van der Waals surface area contributed by atoms with Gasteiger partial charge in [0.25, 0.3) is 0 Å². The Hall–Kier alpha value is -4.72. The predicted molar refractivity (Wildman–Crippen MR) is 408 cm³/mol. The van der Waals surface area contributed by atoms with Crippen molar-refractivity contribution in [3.63, 3.8) is 0 Å². The molecule has 0 rings (SSSR count). The van der Waals surface area contributed by atoms with Gasteiger partial charge in [0.15, 0.2) is 0 Å². The van der Waals surface area contributed by atoms with E-state index in [9.17, 15) is 38.4 Å². The molecule has 0 aromatic carbocycles. The summed E-state index contributed by atoms with van der Waals surface area (Å²) < 4.78 is 152. The van der Waals surface area contributed by atoms with Gasteiger partial charge in [0, 0.05) is 62.2 Å². The quantitative estimate of drug-likeness (QED) is 0.0459. The summed E-state index contributed by atoms with van der Waals surface area (Å²) in [5.41, 5.74) is -0.999. The lowest BCUT2D eigenvalue weighted by molar-refractivity contribution is -0.149. The molecule has 0 bridgehead atoms. The van der Waals surface area contributed by atoms with Crippen LogP contribution in [-0.4, -0.2) is 378 Å². The van der Waals surface area contributed by atoms with Crippen LogP contribution >= 0.6 is 0 Å². The van der Waals surface area contributed by atoms with Crippen molar-refractivity contribution in [2.45, 2.75) is 119 Å². The minimum atomic E-state index is -0.500. The Morgan fingerprint density at radius 2 is 0.254 bits per heavy atom. The van der Waals surface area contributed by atoms with Gasteiger partial charge in [-0.15, -0.1) is 0 Å². The number of carbonyl (C=O) groups excluding carboxylic acids is 8. The number of ether oxygens (including phenoxy) is 28. The second-order valence-electron chi connectivity index (χ2n) is 26.6. The second kappa shape index (κ2) is 84.7. The maximum absolute atomic E-state index is 11.9. The molecule has 0 N–H and O–H groups in total. The van der Waals surface area contributed by atoms with Crippen LogP contribution in [0.2, 0.25) is 0 Å². The molecule has 0 fully saturated rings. The lowest BCUT2D eigenvalue weighted by Crippen LogP contribution is -2.21. The highest BCUT2D eigenvalue weighted by Gasteiger charge is 2.23. The number of ketones is 2. The monoisotopic (exact) mass is 1650 g/mol. The van der Waals surface area contributed by atoms with Gasteiger partial charge in [-0.25, -0.2) is 0 Å². The lowest BCUT2D eigenvalue weighted by Gasteiger charge is -2.15. The highest BCUT2D eigenvalue weighted by molar-refractivity contribution is 5.87. The van der Waals surface area contributed by atoms with E-state index in [1.807, 2.05) is 0 Å². The minimum absolute atomic E-state index is 0.0111. The SMILES string of the molecule is CC(C)(C)C(=O)CCC(=O)OCCCOC(=O)CCCC(=O)OCCOCCOCCOCCOCCOCCOCCOCCOCCOCCOCCOCCOCCOCCOCCOCCOCCOCCOCCOCCOCCOCCOCCOC(=O)CCCC(=O)OCCCOC(=O)CCC(=O)C(C)(C)C. The first-order valence-corrected chi connectivity index (χ1v) is 40.1. The van der Waals surface area contributed by atoms with E-state index in [-0.39, 0.29) is 129 Å². The zero-order valence-corrected chi connectivity index (χ0v) is 69.5. The Morgan fingerprint density at radius 1 is 0.140 bits per heavy atom. The number of hydrogen-bond donors (Lipinski definition) is 0. The third-order valence-electron chi connectivity index (χ3n) is 14.7. The van der Waals surface area contributed by atoms with Crippen LogP contribution in [0, 0.1) is 10.8 Å². The number of rotatable bonds is 91. The van der Waals surface area contributed by atoms with E-state index in [2.05, 4.69) is 0 Å². The van der Waals surface area contributed by atoms with Gasteiger partial charge in [-0.3, -0.25) is 38.4 Å². The average Bonchev–Trinajstić information content (AvgIpc) is 0.920. The summed E-state index contributed by atoms with van der Waals surface area (Å²) in [6.07, 6.45) is 1.80. The number of carbonyl (C=O) groups is 8. The molecule has 0 saturated heterocycles. The first-order chi connectivity index (χ1) is 55.4. The van der Waals surface area contributed by atoms with Crippen molar-refractivity contribution < 1.29 is 171 Å². The maximum atomic E-state index is 11.9. The van der Waals surface area contributed by atoms with Crippen molar-refractivity contribution in [3.05, 3.63) is 0 Å². The molecule has 0 aliphatic heterocycles. The Kier molecular flexibility index (Phi) is 81.2. The van der Waals surface area contributed by atoms with Crippen LogP contribution in [0.1, 0.15) is 119 Å². The van der Waals surface area contributed by atoms with Crippen LogP contribution < -0.4 is 0 Å². The third-order valence-corrected chi connectivity index (χ3v) is 14.7. The third kappa shape index (κ3) is 86.6. The number of hydrogen-bond acceptors (Lipinski definition) is 36. The van der Waals surface area contributed by atoms with E-state index in [1.165, 1.54) is 0 Å². The smallest absolute Gasteiger partial charge is 0.306 e. The summed E-state index contributed by atoms with van der Waals surface area (Å²) in [6.45, 7) is 30.1. The molecule has 0 radical (unpaired) electrons. The summed E-state index contributed by atoms with van der Waals surface area (Å²) in [5, 5.41) is 0. The van der Waals surface area contributed by atoms with Crippen molar-refractivity contribution in [1.29, 1.82) is 0 Å². The van der Waals surface area contributed by atoms with Crippen LogP contribution in [0.5, 0.6) is 0 Å². The van der Waals surface area contributed by atoms with Crippen molar-refractivity contribution in [1.82, 2.24) is 0 Å². The summed E-state index contributed by atoms with van der Waals surface area (Å²) in [7, 11) is 0. The lowest BCUT2D eigenvalue weighted by atomic mass is 9.88. The molecular weight excluding hydrogens is 1510 g/mol. The van der Waals surface area contributed by atoms with Crippen molar-refractivity contribution in [3.8, 4) is 0 Å². The van der Waals surface area contributed by atoms with Gasteiger partial charge in [0.1, 0.15) is 24.8 Å². The second-order valence-corrected chi connectivity index (χ2v) is 26.6. The zero-order chi connectivity index (χ0) is 83.3. The van der Waals surface area contributed by atoms with Gasteiger partial charge in [0.05, 0.1) is 330 Å². The van der Waals surface area contributed by atoms with Crippen LogP contribution in [0.15, 0.2) is 0 Å². The standard InChI is InChI=1S/C78H142O36/c1-77(2,3)69(79)15-17-75(85)111-21-9-19-109-71(81)11-7-13-73(83)113-67-65-107-63-61-105-59-57-103-55-53-101-51-49-99-47-45-97-43-41-95-39-37-93-35-33-91-31-29-89-27-25-87-23-24-88-26-28-90-30-32-92-34-36-94-38-40-96-42-44-98-46-48-100-50-52-102-54-56-104-58-60-106-62-64-108-66-68-114-74(84)14-8-12-72(82)110-20-10-22-112-76(86)18-16-70(80)78(4,5)6/h7-68H2,1-6H3. The normalized spacial score (nSPS) is 11.7. The maximum Gasteiger partial charge on any atom is 0.306 e. The topological polar surface area (TPSA) is 395 Å². The molecule has 0 aliphatic carbocycles. The van der Waals surface area contributed by atoms with Crippen LogP contribution in [0.25, 0.3) is 0 Å². The molecular formula is C78H142O36. The van der Waals surface area contributed by atoms with E-state index < -0.39 is 46.6 Å². The molecule has 36 nitrogen and oxygen atoms in total. The fourth-order valence-electron chi connectivity index (χ4n) is 8.38. The van der Waals surface area contributed by atoms with Gasteiger partial charge in [-0.2, -0.15) is 0 Å². The largest absolute Gasteiger partial charge is 0.466 e. The van der Waals surface area contributed by atoms with E-state index in [0.29, 0.717) is 290 Å². The summed E-state index contributed by atoms with van der Waals surface area (Å²) in [5.74, 6) is -2.73. The fourth-order valence-corrected chi connectivity index (χ4v) is 8.38. The zero-order valence-electron chi connectivity index (χ0n) is 69.5. The van der Waals surface area contributed by atoms with Gasteiger partial charge >= 0.3 is 35.8 Å². The van der Waals surface area contributed by atoms with E-state index in [0.717, 1.165) is 0 Å². The molecule has 0 aromatic heterocycles. The molecule has 0 atom stereocenters.